The topological polar surface area (TPSA) is 37.4 Å². The summed E-state index contributed by atoms with van der Waals surface area (Å²) in [6.07, 6.45) is 0.649. The number of piperidine rings is 1. The van der Waals surface area contributed by atoms with Crippen molar-refractivity contribution in [2.24, 2.45) is 5.92 Å². The van der Waals surface area contributed by atoms with Gasteiger partial charge in [-0.25, -0.2) is 8.42 Å². The molecule has 1 aromatic carbocycles. The van der Waals surface area contributed by atoms with Crippen molar-refractivity contribution in [1.82, 2.24) is 4.31 Å². The molecule has 2 unspecified atom stereocenters. The van der Waals surface area contributed by atoms with Crippen LogP contribution in [0.3, 0.4) is 0 Å². The van der Waals surface area contributed by atoms with Crippen LogP contribution in [-0.4, -0.2) is 31.2 Å². The van der Waals surface area contributed by atoms with Gasteiger partial charge in [0.1, 0.15) is 0 Å². The molecule has 1 fully saturated rings. The Hall–Kier alpha value is -0.000000000000000111. The van der Waals surface area contributed by atoms with E-state index in [9.17, 15) is 8.42 Å². The minimum atomic E-state index is -3.56. The Morgan fingerprint density at radius 2 is 1.79 bits per heavy atom. The van der Waals surface area contributed by atoms with Crippen LogP contribution in [0.4, 0.5) is 0 Å². The average Bonchev–Trinajstić information content (AvgIpc) is 2.31. The predicted molar refractivity (Wildman–Crippen MR) is 78.6 cm³/mol. The van der Waals surface area contributed by atoms with Crippen molar-refractivity contribution in [3.8, 4) is 0 Å². The first-order chi connectivity index (χ1) is 8.80. The van der Waals surface area contributed by atoms with E-state index in [1.54, 1.807) is 0 Å². The minimum Gasteiger partial charge on any atom is -0.207 e. The lowest BCUT2D eigenvalue weighted by atomic mass is 10.0. The van der Waals surface area contributed by atoms with E-state index < -0.39 is 10.0 Å². The molecule has 1 aliphatic heterocycles. The van der Waals surface area contributed by atoms with Gasteiger partial charge >= 0.3 is 0 Å². The highest BCUT2D eigenvalue weighted by Gasteiger charge is 2.32. The maximum atomic E-state index is 12.5. The van der Waals surface area contributed by atoms with Gasteiger partial charge in [0, 0.05) is 28.5 Å². The minimum absolute atomic E-state index is 0.0226. The van der Waals surface area contributed by atoms with E-state index in [0.717, 1.165) is 0 Å². The van der Waals surface area contributed by atoms with Crippen molar-refractivity contribution < 1.29 is 8.42 Å². The molecule has 1 aliphatic rings. The van der Waals surface area contributed by atoms with Crippen molar-refractivity contribution in [2.75, 3.05) is 13.1 Å². The smallest absolute Gasteiger partial charge is 0.207 e. The third kappa shape index (κ3) is 3.37. The maximum absolute atomic E-state index is 12.5. The number of alkyl halides is 1. The number of hydrogen-bond donors (Lipinski definition) is 0. The van der Waals surface area contributed by atoms with Crippen LogP contribution in [0.15, 0.2) is 23.1 Å². The third-order valence-electron chi connectivity index (χ3n) is 3.24. The Morgan fingerprint density at radius 3 is 2.32 bits per heavy atom. The average molecular weight is 343 g/mol. The molecule has 0 spiro atoms. The fraction of sp³-hybridized carbons (Fsp3) is 0.500. The van der Waals surface area contributed by atoms with Gasteiger partial charge in [0.25, 0.3) is 0 Å². The molecule has 1 saturated heterocycles. The number of benzene rings is 1. The molecule has 2 atom stereocenters. The van der Waals surface area contributed by atoms with Gasteiger partial charge in [-0.15, -0.1) is 11.6 Å². The van der Waals surface area contributed by atoms with E-state index in [-0.39, 0.29) is 16.2 Å². The molecule has 0 saturated carbocycles. The van der Waals surface area contributed by atoms with Crippen LogP contribution < -0.4 is 0 Å². The molecule has 0 bridgehead atoms. The summed E-state index contributed by atoms with van der Waals surface area (Å²) in [7, 11) is -3.56. The molecule has 1 aromatic rings. The van der Waals surface area contributed by atoms with Gasteiger partial charge in [-0.1, -0.05) is 30.1 Å². The van der Waals surface area contributed by atoms with Gasteiger partial charge in [-0.2, -0.15) is 4.31 Å². The number of halogens is 3. The first-order valence-electron chi connectivity index (χ1n) is 5.91. The largest absolute Gasteiger partial charge is 0.243 e. The molecule has 0 aliphatic carbocycles. The Bertz CT molecular complexity index is 556. The molecule has 0 amide bonds. The lowest BCUT2D eigenvalue weighted by molar-refractivity contribution is 0.286. The van der Waals surface area contributed by atoms with E-state index in [1.165, 1.54) is 22.5 Å². The lowest BCUT2D eigenvalue weighted by Crippen LogP contribution is -2.43. The number of hydrogen-bond acceptors (Lipinski definition) is 2. The number of rotatable bonds is 2. The van der Waals surface area contributed by atoms with Crippen molar-refractivity contribution >= 4 is 44.8 Å². The quantitative estimate of drug-likeness (QED) is 0.770. The molecule has 0 radical (unpaired) electrons. The second-order valence-corrected chi connectivity index (χ2v) is 8.12. The zero-order valence-electron chi connectivity index (χ0n) is 10.3. The highest BCUT2D eigenvalue weighted by atomic mass is 35.5. The molecular weight excluding hydrogens is 329 g/mol. The van der Waals surface area contributed by atoms with Crippen LogP contribution in [0, 0.1) is 5.92 Å². The summed E-state index contributed by atoms with van der Waals surface area (Å²) < 4.78 is 26.5. The predicted octanol–water partition coefficient (Wildman–Crippen LogP) is 3.63. The van der Waals surface area contributed by atoms with E-state index in [2.05, 4.69) is 0 Å². The maximum Gasteiger partial charge on any atom is 0.243 e. The Morgan fingerprint density at radius 1 is 1.21 bits per heavy atom. The molecule has 1 heterocycles. The SMILES string of the molecule is CC1CN(S(=O)(=O)c2cc(Cl)cc(Cl)c2)CCC1Cl. The summed E-state index contributed by atoms with van der Waals surface area (Å²) >= 11 is 17.8. The number of sulfonamides is 1. The van der Waals surface area contributed by atoms with Gasteiger partial charge < -0.3 is 0 Å². The lowest BCUT2D eigenvalue weighted by Gasteiger charge is -2.33. The van der Waals surface area contributed by atoms with Crippen LogP contribution >= 0.6 is 34.8 Å². The van der Waals surface area contributed by atoms with Gasteiger partial charge in [0.05, 0.1) is 4.90 Å². The highest BCUT2D eigenvalue weighted by Crippen LogP contribution is 2.29. The van der Waals surface area contributed by atoms with Crippen LogP contribution in [-0.2, 0) is 10.0 Å². The van der Waals surface area contributed by atoms with Gasteiger partial charge in [0.2, 0.25) is 10.0 Å². The molecule has 0 N–H and O–H groups in total. The standard InChI is InChI=1S/C12H14Cl3NO2S/c1-8-7-16(3-2-12(8)15)19(17,18)11-5-9(13)4-10(14)6-11/h4-6,8,12H,2-3,7H2,1H3. The monoisotopic (exact) mass is 341 g/mol. The molecule has 7 heteroatoms. The van der Waals surface area contributed by atoms with E-state index in [4.69, 9.17) is 34.8 Å². The Labute approximate surface area is 128 Å². The summed E-state index contributed by atoms with van der Waals surface area (Å²) in [5.74, 6) is 0.125. The van der Waals surface area contributed by atoms with E-state index in [0.29, 0.717) is 29.6 Å². The second kappa shape index (κ2) is 5.78. The Balaban J connectivity index is 2.32. The second-order valence-electron chi connectivity index (χ2n) is 4.75. The first kappa shape index (κ1) is 15.4. The zero-order chi connectivity index (χ0) is 14.2. The zero-order valence-corrected chi connectivity index (χ0v) is 13.4. The van der Waals surface area contributed by atoms with E-state index in [1.807, 2.05) is 6.92 Å². The molecule has 2 rings (SSSR count). The molecule has 3 nitrogen and oxygen atoms in total. The molecule has 19 heavy (non-hydrogen) atoms. The van der Waals surface area contributed by atoms with Crippen LogP contribution in [0.2, 0.25) is 10.0 Å². The van der Waals surface area contributed by atoms with Crippen molar-refractivity contribution in [1.29, 1.82) is 0 Å². The van der Waals surface area contributed by atoms with Gasteiger partial charge in [0.15, 0.2) is 0 Å². The van der Waals surface area contributed by atoms with E-state index >= 15 is 0 Å². The summed E-state index contributed by atoms with van der Waals surface area (Å²) in [6.45, 7) is 2.79. The summed E-state index contributed by atoms with van der Waals surface area (Å²) in [4.78, 5) is 0.130. The summed E-state index contributed by atoms with van der Waals surface area (Å²) in [5.41, 5.74) is 0. The molecule has 106 valence electrons. The summed E-state index contributed by atoms with van der Waals surface area (Å²) in [6, 6.07) is 4.34. The van der Waals surface area contributed by atoms with Crippen molar-refractivity contribution in [3.63, 3.8) is 0 Å². The van der Waals surface area contributed by atoms with Gasteiger partial charge in [-0.05, 0) is 30.5 Å². The molecule has 0 aromatic heterocycles. The molecular formula is C12H14Cl3NO2S. The van der Waals surface area contributed by atoms with Gasteiger partial charge in [-0.3, -0.25) is 0 Å². The highest BCUT2D eigenvalue weighted by molar-refractivity contribution is 7.89. The van der Waals surface area contributed by atoms with Crippen molar-refractivity contribution in [3.05, 3.63) is 28.2 Å². The van der Waals surface area contributed by atoms with Crippen molar-refractivity contribution in [2.45, 2.75) is 23.6 Å². The first-order valence-corrected chi connectivity index (χ1v) is 8.54. The fourth-order valence-electron chi connectivity index (χ4n) is 2.12. The number of nitrogens with zero attached hydrogens (tertiary/aromatic N) is 1. The normalized spacial score (nSPS) is 25.5. The fourth-order valence-corrected chi connectivity index (χ4v) is 4.58. The van der Waals surface area contributed by atoms with Crippen LogP contribution in [0.1, 0.15) is 13.3 Å². The third-order valence-corrected chi connectivity index (χ3v) is 6.16. The summed E-state index contributed by atoms with van der Waals surface area (Å²) in [5, 5.41) is 0.645. The van der Waals surface area contributed by atoms with Crippen LogP contribution in [0.5, 0.6) is 0 Å². The van der Waals surface area contributed by atoms with Crippen LogP contribution in [0.25, 0.3) is 0 Å². The Kier molecular flexibility index (Phi) is 4.68.